The maximum absolute atomic E-state index is 6.15. The van der Waals surface area contributed by atoms with Crippen LogP contribution in [0.3, 0.4) is 0 Å². The smallest absolute Gasteiger partial charge is 0.216 e. The summed E-state index contributed by atoms with van der Waals surface area (Å²) in [5.41, 5.74) is 6.88. The van der Waals surface area contributed by atoms with Crippen molar-refractivity contribution < 1.29 is 4.74 Å². The van der Waals surface area contributed by atoms with Crippen molar-refractivity contribution in [2.45, 2.75) is 45.6 Å². The van der Waals surface area contributed by atoms with Gasteiger partial charge in [0.2, 0.25) is 5.88 Å². The molecular formula is C12H21N3O. The minimum atomic E-state index is -0.253. The summed E-state index contributed by atoms with van der Waals surface area (Å²) in [6.07, 6.45) is 4.21. The Morgan fingerprint density at radius 1 is 1.25 bits per heavy atom. The molecule has 16 heavy (non-hydrogen) atoms. The van der Waals surface area contributed by atoms with E-state index in [2.05, 4.69) is 30.7 Å². The Hall–Kier alpha value is -1.16. The molecule has 0 saturated heterocycles. The zero-order valence-electron chi connectivity index (χ0n) is 10.4. The van der Waals surface area contributed by atoms with E-state index < -0.39 is 0 Å². The average Bonchev–Trinajstić information content (AvgIpc) is 2.36. The first-order valence-corrected chi connectivity index (χ1v) is 5.86. The van der Waals surface area contributed by atoms with Gasteiger partial charge in [-0.05, 0) is 19.3 Å². The van der Waals surface area contributed by atoms with Gasteiger partial charge in [-0.15, -0.1) is 0 Å². The number of aryl methyl sites for hydroxylation is 1. The van der Waals surface area contributed by atoms with Crippen LogP contribution in [0.15, 0.2) is 12.4 Å². The van der Waals surface area contributed by atoms with Crippen LogP contribution in [0.4, 0.5) is 0 Å². The van der Waals surface area contributed by atoms with Gasteiger partial charge < -0.3 is 10.5 Å². The summed E-state index contributed by atoms with van der Waals surface area (Å²) in [5.74, 6) is 0.614. The molecule has 0 aliphatic rings. The summed E-state index contributed by atoms with van der Waals surface area (Å²) in [6.45, 7) is 6.70. The van der Waals surface area contributed by atoms with Crippen LogP contribution in [0, 0.1) is 0 Å². The highest BCUT2D eigenvalue weighted by molar-refractivity contribution is 5.13. The third-order valence-electron chi connectivity index (χ3n) is 2.98. The fraction of sp³-hybridized carbons (Fsp3) is 0.667. The van der Waals surface area contributed by atoms with Gasteiger partial charge in [0.15, 0.2) is 0 Å². The highest BCUT2D eigenvalue weighted by Gasteiger charge is 2.21. The van der Waals surface area contributed by atoms with Gasteiger partial charge in [0.1, 0.15) is 12.9 Å². The Balaban J connectivity index is 2.60. The molecule has 0 bridgehead atoms. The first kappa shape index (κ1) is 12.9. The predicted octanol–water partition coefficient (Wildman–Crippen LogP) is 1.94. The van der Waals surface area contributed by atoms with E-state index in [0.29, 0.717) is 12.5 Å². The molecule has 0 spiro atoms. The number of hydrogen-bond donors (Lipinski definition) is 1. The van der Waals surface area contributed by atoms with Crippen molar-refractivity contribution in [3.05, 3.63) is 18.1 Å². The van der Waals surface area contributed by atoms with Gasteiger partial charge in [0.05, 0.1) is 0 Å². The monoisotopic (exact) mass is 223 g/mol. The highest BCUT2D eigenvalue weighted by Crippen LogP contribution is 2.14. The lowest BCUT2D eigenvalue weighted by atomic mass is 9.96. The standard InChI is InChI=1S/C12H21N3O/c1-4-10-7-11(15-9-14-10)16-8-12(13,5-2)6-3/h7,9H,4-6,8,13H2,1-3H3. The number of ether oxygens (including phenoxy) is 1. The molecule has 0 saturated carbocycles. The van der Waals surface area contributed by atoms with E-state index in [1.807, 2.05) is 6.07 Å². The summed E-state index contributed by atoms with van der Waals surface area (Å²) in [6, 6.07) is 1.87. The normalized spacial score (nSPS) is 11.5. The van der Waals surface area contributed by atoms with Crippen LogP contribution in [0.5, 0.6) is 5.88 Å². The lowest BCUT2D eigenvalue weighted by molar-refractivity contribution is 0.200. The molecule has 4 heteroatoms. The molecule has 1 aromatic heterocycles. The van der Waals surface area contributed by atoms with E-state index in [1.54, 1.807) is 0 Å². The third kappa shape index (κ3) is 3.45. The largest absolute Gasteiger partial charge is 0.476 e. The lowest BCUT2D eigenvalue weighted by Gasteiger charge is -2.26. The lowest BCUT2D eigenvalue weighted by Crippen LogP contribution is -2.44. The molecule has 0 aromatic carbocycles. The van der Waals surface area contributed by atoms with Crippen LogP contribution in [-0.2, 0) is 6.42 Å². The average molecular weight is 223 g/mol. The van der Waals surface area contributed by atoms with E-state index in [0.717, 1.165) is 25.0 Å². The summed E-state index contributed by atoms with van der Waals surface area (Å²) in [5, 5.41) is 0. The minimum Gasteiger partial charge on any atom is -0.476 e. The number of nitrogens with zero attached hydrogens (tertiary/aromatic N) is 2. The van der Waals surface area contributed by atoms with Gasteiger partial charge in [-0.3, -0.25) is 0 Å². The summed E-state index contributed by atoms with van der Waals surface area (Å²) >= 11 is 0. The SMILES string of the molecule is CCc1cc(OCC(N)(CC)CC)ncn1. The van der Waals surface area contributed by atoms with E-state index in [1.165, 1.54) is 6.33 Å². The van der Waals surface area contributed by atoms with Crippen LogP contribution >= 0.6 is 0 Å². The summed E-state index contributed by atoms with van der Waals surface area (Å²) < 4.78 is 5.62. The molecule has 1 rings (SSSR count). The molecule has 0 unspecified atom stereocenters. The number of nitrogens with two attached hydrogens (primary N) is 1. The molecule has 1 heterocycles. The summed E-state index contributed by atoms with van der Waals surface area (Å²) in [4.78, 5) is 8.19. The molecule has 0 radical (unpaired) electrons. The van der Waals surface area contributed by atoms with Crippen LogP contribution in [-0.4, -0.2) is 22.1 Å². The predicted molar refractivity (Wildman–Crippen MR) is 64.4 cm³/mol. The number of rotatable bonds is 6. The Bertz CT molecular complexity index is 324. The molecule has 1 aromatic rings. The Kier molecular flexibility index (Phi) is 4.68. The molecule has 0 aliphatic carbocycles. The van der Waals surface area contributed by atoms with Crippen LogP contribution in [0.1, 0.15) is 39.3 Å². The molecule has 0 amide bonds. The van der Waals surface area contributed by atoms with Crippen molar-refractivity contribution in [2.75, 3.05) is 6.61 Å². The fourth-order valence-electron chi connectivity index (χ4n) is 1.32. The first-order valence-electron chi connectivity index (χ1n) is 5.86. The van der Waals surface area contributed by atoms with Gasteiger partial charge in [-0.2, -0.15) is 0 Å². The molecule has 2 N–H and O–H groups in total. The highest BCUT2D eigenvalue weighted by atomic mass is 16.5. The van der Waals surface area contributed by atoms with Crippen molar-refractivity contribution in [2.24, 2.45) is 5.73 Å². The van der Waals surface area contributed by atoms with Gasteiger partial charge in [0, 0.05) is 17.3 Å². The van der Waals surface area contributed by atoms with Crippen molar-refractivity contribution in [1.29, 1.82) is 0 Å². The molecule has 90 valence electrons. The molecule has 0 aliphatic heterocycles. The second-order valence-electron chi connectivity index (χ2n) is 4.06. The van der Waals surface area contributed by atoms with Crippen molar-refractivity contribution in [3.8, 4) is 5.88 Å². The van der Waals surface area contributed by atoms with Crippen LogP contribution < -0.4 is 10.5 Å². The van der Waals surface area contributed by atoms with Gasteiger partial charge in [-0.1, -0.05) is 20.8 Å². The Morgan fingerprint density at radius 2 is 1.94 bits per heavy atom. The topological polar surface area (TPSA) is 61.0 Å². The quantitative estimate of drug-likeness (QED) is 0.800. The summed E-state index contributed by atoms with van der Waals surface area (Å²) in [7, 11) is 0. The van der Waals surface area contributed by atoms with Gasteiger partial charge in [0.25, 0.3) is 0 Å². The molecule has 0 atom stereocenters. The Morgan fingerprint density at radius 3 is 2.50 bits per heavy atom. The molecular weight excluding hydrogens is 202 g/mol. The maximum atomic E-state index is 6.15. The van der Waals surface area contributed by atoms with E-state index in [-0.39, 0.29) is 5.54 Å². The van der Waals surface area contributed by atoms with Crippen LogP contribution in [0.2, 0.25) is 0 Å². The second-order valence-corrected chi connectivity index (χ2v) is 4.06. The maximum Gasteiger partial charge on any atom is 0.216 e. The van der Waals surface area contributed by atoms with Crippen molar-refractivity contribution >= 4 is 0 Å². The second kappa shape index (κ2) is 5.80. The minimum absolute atomic E-state index is 0.253. The molecule has 0 fully saturated rings. The first-order chi connectivity index (χ1) is 7.63. The third-order valence-corrected chi connectivity index (χ3v) is 2.98. The van der Waals surface area contributed by atoms with Gasteiger partial charge >= 0.3 is 0 Å². The van der Waals surface area contributed by atoms with Crippen molar-refractivity contribution in [3.63, 3.8) is 0 Å². The van der Waals surface area contributed by atoms with Crippen LogP contribution in [0.25, 0.3) is 0 Å². The van der Waals surface area contributed by atoms with E-state index in [9.17, 15) is 0 Å². The number of hydrogen-bond acceptors (Lipinski definition) is 4. The van der Waals surface area contributed by atoms with E-state index in [4.69, 9.17) is 10.5 Å². The molecule has 4 nitrogen and oxygen atoms in total. The zero-order chi connectivity index (χ0) is 12.0. The Labute approximate surface area is 97.2 Å². The van der Waals surface area contributed by atoms with Gasteiger partial charge in [-0.25, -0.2) is 9.97 Å². The fourth-order valence-corrected chi connectivity index (χ4v) is 1.32. The zero-order valence-corrected chi connectivity index (χ0v) is 10.4. The van der Waals surface area contributed by atoms with E-state index >= 15 is 0 Å². The number of aromatic nitrogens is 2. The van der Waals surface area contributed by atoms with Crippen molar-refractivity contribution in [1.82, 2.24) is 9.97 Å².